The first-order valence-corrected chi connectivity index (χ1v) is 6.19. The van der Waals surface area contributed by atoms with Crippen LogP contribution in [-0.4, -0.2) is 34.6 Å². The normalized spacial score (nSPS) is 9.82. The molecule has 0 aromatic carbocycles. The fraction of sp³-hybridized carbons (Fsp3) is 1.00. The largest absolute Gasteiger partial charge is 0.483 e. The minimum Gasteiger partial charge on any atom is -0.379 e. The predicted octanol–water partition coefficient (Wildman–Crippen LogP) is 1.76. The monoisotopic (exact) mass is 308 g/mol. The number of halogens is 2. The van der Waals surface area contributed by atoms with E-state index in [4.69, 9.17) is 13.3 Å². The molecule has 0 heterocycles. The predicted molar refractivity (Wildman–Crippen MR) is 55.5 cm³/mol. The van der Waals surface area contributed by atoms with Gasteiger partial charge in [-0.1, -0.05) is 31.9 Å². The summed E-state index contributed by atoms with van der Waals surface area (Å²) in [4.78, 5) is 0. The molecule has 0 aliphatic heterocycles. The highest BCUT2D eigenvalue weighted by Crippen LogP contribution is 2.03. The topological polar surface area (TPSA) is 27.7 Å². The molecule has 0 radical (unpaired) electrons. The maximum absolute atomic E-state index is 4.74. The Labute approximate surface area is 86.6 Å². The van der Waals surface area contributed by atoms with E-state index in [1.54, 1.807) is 21.3 Å². The van der Waals surface area contributed by atoms with Crippen LogP contribution in [0.3, 0.4) is 0 Å². The summed E-state index contributed by atoms with van der Waals surface area (Å²) in [6.07, 6.45) is 0. The molecule has 0 fully saturated rings. The summed E-state index contributed by atoms with van der Waals surface area (Å²) in [5.41, 5.74) is 0. The van der Waals surface area contributed by atoms with Crippen molar-refractivity contribution >= 4 is 41.4 Å². The molecule has 0 bridgehead atoms. The van der Waals surface area contributed by atoms with E-state index in [2.05, 4.69) is 31.9 Å². The summed E-state index contributed by atoms with van der Waals surface area (Å²) in [5.74, 6) is 0. The van der Waals surface area contributed by atoms with Crippen LogP contribution in [0.1, 0.15) is 6.92 Å². The van der Waals surface area contributed by atoms with Gasteiger partial charge in [0.25, 0.3) is 0 Å². The van der Waals surface area contributed by atoms with Gasteiger partial charge in [-0.15, -0.1) is 0 Å². The Balaban J connectivity index is 0. The molecule has 11 heavy (non-hydrogen) atoms. The van der Waals surface area contributed by atoms with Gasteiger partial charge in [-0.2, -0.15) is 0 Å². The maximum Gasteiger partial charge on any atom is 0.483 e. The lowest BCUT2D eigenvalue weighted by atomic mass is 11.0. The van der Waals surface area contributed by atoms with Crippen molar-refractivity contribution in [1.82, 2.24) is 0 Å². The van der Waals surface area contributed by atoms with Gasteiger partial charge in [-0.05, 0) is 6.92 Å². The first-order valence-electron chi connectivity index (χ1n) is 2.95. The van der Waals surface area contributed by atoms with E-state index in [9.17, 15) is 0 Å². The fourth-order valence-electron chi connectivity index (χ4n) is 0.289. The van der Waals surface area contributed by atoms with Crippen LogP contribution in [0.4, 0.5) is 0 Å². The van der Waals surface area contributed by atoms with Gasteiger partial charge in [-0.3, -0.25) is 0 Å². The quantitative estimate of drug-likeness (QED) is 0.587. The number of rotatable bonds is 3. The Morgan fingerprint density at radius 1 is 1.00 bits per heavy atom. The molecule has 0 unspecified atom stereocenters. The van der Waals surface area contributed by atoms with Crippen LogP contribution in [0.2, 0.25) is 0 Å². The van der Waals surface area contributed by atoms with Crippen LogP contribution in [0.5, 0.6) is 0 Å². The molecule has 0 rings (SSSR count). The molecular weight excluding hydrogens is 296 g/mol. The van der Waals surface area contributed by atoms with E-state index in [0.29, 0.717) is 3.74 Å². The molecule has 0 N–H and O–H groups in total. The summed E-state index contributed by atoms with van der Waals surface area (Å²) in [6.45, 7) is 2.00. The molecule has 0 aromatic heterocycles. The SMILES string of the molecule is CC(Br)Br.CO[SiH](OC)OC. The second-order valence-electron chi connectivity index (χ2n) is 1.51. The second kappa shape index (κ2) is 11.1. The first kappa shape index (κ1) is 14.6. The lowest BCUT2D eigenvalue weighted by molar-refractivity contribution is 0.163. The molecule has 0 amide bonds. The summed E-state index contributed by atoms with van der Waals surface area (Å²) < 4.78 is 14.7. The van der Waals surface area contributed by atoms with Gasteiger partial charge in [0, 0.05) is 21.3 Å². The van der Waals surface area contributed by atoms with Gasteiger partial charge in [-0.25, -0.2) is 0 Å². The van der Waals surface area contributed by atoms with Crippen molar-refractivity contribution in [2.45, 2.75) is 10.7 Å². The molecule has 0 saturated carbocycles. The molecule has 0 atom stereocenters. The minimum absolute atomic E-state index is 0.458. The van der Waals surface area contributed by atoms with E-state index in [0.717, 1.165) is 0 Å². The Hall–Kier alpha value is 1.06. The zero-order chi connectivity index (χ0) is 9.28. The van der Waals surface area contributed by atoms with Crippen molar-refractivity contribution < 1.29 is 13.3 Å². The Kier molecular flexibility index (Phi) is 14.6. The van der Waals surface area contributed by atoms with Gasteiger partial charge in [0.15, 0.2) is 0 Å². The van der Waals surface area contributed by atoms with Crippen LogP contribution in [0, 0.1) is 0 Å². The van der Waals surface area contributed by atoms with Gasteiger partial charge >= 0.3 is 9.53 Å². The average Bonchev–Trinajstić information content (AvgIpc) is 1.90. The first-order chi connectivity index (χ1) is 5.08. The van der Waals surface area contributed by atoms with Crippen LogP contribution in [0.25, 0.3) is 0 Å². The summed E-state index contributed by atoms with van der Waals surface area (Å²) in [5, 5.41) is 0. The van der Waals surface area contributed by atoms with Gasteiger partial charge in [0.05, 0.1) is 3.74 Å². The van der Waals surface area contributed by atoms with E-state index in [1.807, 2.05) is 6.92 Å². The lowest BCUT2D eigenvalue weighted by Gasteiger charge is -2.05. The third kappa shape index (κ3) is 18.2. The van der Waals surface area contributed by atoms with Crippen LogP contribution >= 0.6 is 31.9 Å². The van der Waals surface area contributed by atoms with E-state index < -0.39 is 9.53 Å². The summed E-state index contributed by atoms with van der Waals surface area (Å²) in [7, 11) is 3.05. The minimum atomic E-state index is -1.67. The average molecular weight is 310 g/mol. The smallest absolute Gasteiger partial charge is 0.379 e. The zero-order valence-corrected chi connectivity index (χ0v) is 11.5. The Morgan fingerprint density at radius 3 is 1.18 bits per heavy atom. The standard InChI is InChI=1S/C3H10O3Si.C2H4Br2/c1-4-7(5-2)6-3;1-2(3)4/h7H,1-3H3;2H,1H3. The van der Waals surface area contributed by atoms with Crippen LogP contribution < -0.4 is 0 Å². The maximum atomic E-state index is 4.74. The van der Waals surface area contributed by atoms with Crippen molar-refractivity contribution in [3.63, 3.8) is 0 Å². The van der Waals surface area contributed by atoms with Gasteiger partial charge in [0.1, 0.15) is 0 Å². The third-order valence-electron chi connectivity index (χ3n) is 0.577. The number of alkyl halides is 2. The number of hydrogen-bond donors (Lipinski definition) is 0. The molecule has 0 aromatic rings. The fourth-order valence-corrected chi connectivity index (χ4v) is 0.866. The molecule has 0 aliphatic carbocycles. The Bertz CT molecular complexity index is 62.5. The van der Waals surface area contributed by atoms with Crippen molar-refractivity contribution in [2.24, 2.45) is 0 Å². The molecular formula is C5H14Br2O3Si. The highest BCUT2D eigenvalue weighted by Gasteiger charge is 2.04. The second-order valence-corrected chi connectivity index (χ2v) is 7.48. The molecule has 0 saturated heterocycles. The van der Waals surface area contributed by atoms with Crippen molar-refractivity contribution in [3.8, 4) is 0 Å². The van der Waals surface area contributed by atoms with Gasteiger partial charge < -0.3 is 13.3 Å². The third-order valence-corrected chi connectivity index (χ3v) is 1.73. The summed E-state index contributed by atoms with van der Waals surface area (Å²) >= 11 is 6.38. The van der Waals surface area contributed by atoms with Crippen molar-refractivity contribution in [2.75, 3.05) is 21.3 Å². The molecule has 6 heteroatoms. The molecule has 70 valence electrons. The van der Waals surface area contributed by atoms with E-state index in [1.165, 1.54) is 0 Å². The van der Waals surface area contributed by atoms with E-state index in [-0.39, 0.29) is 0 Å². The van der Waals surface area contributed by atoms with Crippen molar-refractivity contribution in [1.29, 1.82) is 0 Å². The summed E-state index contributed by atoms with van der Waals surface area (Å²) in [6, 6.07) is 0. The molecule has 0 aliphatic rings. The molecule has 3 nitrogen and oxygen atoms in total. The lowest BCUT2D eigenvalue weighted by Crippen LogP contribution is -2.21. The van der Waals surface area contributed by atoms with Crippen LogP contribution in [0.15, 0.2) is 0 Å². The van der Waals surface area contributed by atoms with Crippen LogP contribution in [-0.2, 0) is 13.3 Å². The zero-order valence-electron chi connectivity index (χ0n) is 7.14. The van der Waals surface area contributed by atoms with Crippen molar-refractivity contribution in [3.05, 3.63) is 0 Å². The Morgan fingerprint density at radius 2 is 1.18 bits per heavy atom. The number of hydrogen-bond acceptors (Lipinski definition) is 3. The van der Waals surface area contributed by atoms with Gasteiger partial charge in [0.2, 0.25) is 0 Å². The molecule has 0 spiro atoms. The highest BCUT2D eigenvalue weighted by atomic mass is 79.9. The highest BCUT2D eigenvalue weighted by molar-refractivity contribution is 9.24. The van der Waals surface area contributed by atoms with E-state index >= 15 is 0 Å².